The van der Waals surface area contributed by atoms with E-state index in [1.165, 1.54) is 0 Å². The molecule has 2 nitrogen and oxygen atoms in total. The SMILES string of the molecule is C=Cc1cc(OC)c(C)c(OCc2ccccc2)c1. The highest BCUT2D eigenvalue weighted by molar-refractivity contribution is 5.57. The minimum atomic E-state index is 0.547. The second kappa shape index (κ2) is 6.10. The quantitative estimate of drug-likeness (QED) is 0.795. The first-order valence-electron chi connectivity index (χ1n) is 6.22. The van der Waals surface area contributed by atoms with E-state index in [4.69, 9.17) is 9.47 Å². The van der Waals surface area contributed by atoms with E-state index in [9.17, 15) is 0 Å². The van der Waals surface area contributed by atoms with E-state index in [0.717, 1.165) is 28.2 Å². The van der Waals surface area contributed by atoms with Gasteiger partial charge in [-0.25, -0.2) is 0 Å². The van der Waals surface area contributed by atoms with E-state index in [-0.39, 0.29) is 0 Å². The molecule has 0 saturated heterocycles. The van der Waals surface area contributed by atoms with E-state index >= 15 is 0 Å². The van der Waals surface area contributed by atoms with Crippen LogP contribution in [0.4, 0.5) is 0 Å². The van der Waals surface area contributed by atoms with Crippen molar-refractivity contribution in [3.63, 3.8) is 0 Å². The molecule has 0 bridgehead atoms. The molecule has 0 N–H and O–H groups in total. The molecule has 2 heteroatoms. The molecular weight excluding hydrogens is 236 g/mol. The summed E-state index contributed by atoms with van der Waals surface area (Å²) >= 11 is 0. The highest BCUT2D eigenvalue weighted by atomic mass is 16.5. The Morgan fingerprint density at radius 1 is 1.11 bits per heavy atom. The number of benzene rings is 2. The summed E-state index contributed by atoms with van der Waals surface area (Å²) in [5.74, 6) is 1.65. The van der Waals surface area contributed by atoms with E-state index in [1.807, 2.05) is 49.4 Å². The van der Waals surface area contributed by atoms with Gasteiger partial charge in [0.05, 0.1) is 7.11 Å². The zero-order valence-electron chi connectivity index (χ0n) is 11.3. The van der Waals surface area contributed by atoms with Crippen LogP contribution in [-0.4, -0.2) is 7.11 Å². The van der Waals surface area contributed by atoms with Gasteiger partial charge in [-0.05, 0) is 30.2 Å². The lowest BCUT2D eigenvalue weighted by atomic mass is 10.1. The van der Waals surface area contributed by atoms with Crippen LogP contribution in [0.15, 0.2) is 49.0 Å². The average Bonchev–Trinajstić information content (AvgIpc) is 2.47. The van der Waals surface area contributed by atoms with Gasteiger partial charge < -0.3 is 9.47 Å². The van der Waals surface area contributed by atoms with Gasteiger partial charge in [0, 0.05) is 5.56 Å². The molecule has 0 atom stereocenters. The third kappa shape index (κ3) is 3.16. The maximum atomic E-state index is 5.88. The molecule has 0 aliphatic heterocycles. The van der Waals surface area contributed by atoms with Crippen molar-refractivity contribution in [2.45, 2.75) is 13.5 Å². The van der Waals surface area contributed by atoms with Crippen LogP contribution in [0.3, 0.4) is 0 Å². The van der Waals surface area contributed by atoms with Crippen molar-refractivity contribution in [2.24, 2.45) is 0 Å². The molecule has 0 spiro atoms. The van der Waals surface area contributed by atoms with Crippen molar-refractivity contribution in [1.29, 1.82) is 0 Å². The molecule has 0 aliphatic rings. The molecule has 2 rings (SSSR count). The van der Waals surface area contributed by atoms with Gasteiger partial charge in [0.2, 0.25) is 0 Å². The fourth-order valence-electron chi connectivity index (χ4n) is 1.90. The molecule has 0 amide bonds. The maximum Gasteiger partial charge on any atom is 0.127 e. The number of hydrogen-bond donors (Lipinski definition) is 0. The van der Waals surface area contributed by atoms with Gasteiger partial charge in [0.1, 0.15) is 18.1 Å². The number of hydrogen-bond acceptors (Lipinski definition) is 2. The van der Waals surface area contributed by atoms with Crippen LogP contribution in [-0.2, 0) is 6.61 Å². The monoisotopic (exact) mass is 254 g/mol. The Bertz CT molecular complexity index is 559. The summed E-state index contributed by atoms with van der Waals surface area (Å²) < 4.78 is 11.2. The topological polar surface area (TPSA) is 18.5 Å². The number of methoxy groups -OCH3 is 1. The fourth-order valence-corrected chi connectivity index (χ4v) is 1.90. The van der Waals surface area contributed by atoms with Crippen molar-refractivity contribution < 1.29 is 9.47 Å². The average molecular weight is 254 g/mol. The highest BCUT2D eigenvalue weighted by Crippen LogP contribution is 2.30. The highest BCUT2D eigenvalue weighted by Gasteiger charge is 2.08. The molecule has 19 heavy (non-hydrogen) atoms. The van der Waals surface area contributed by atoms with Gasteiger partial charge in [-0.3, -0.25) is 0 Å². The fraction of sp³-hybridized carbons (Fsp3) is 0.176. The Labute approximate surface area is 114 Å². The van der Waals surface area contributed by atoms with Crippen LogP contribution in [0.5, 0.6) is 11.5 Å². The lowest BCUT2D eigenvalue weighted by Gasteiger charge is -2.13. The molecule has 0 radical (unpaired) electrons. The molecule has 0 heterocycles. The summed E-state index contributed by atoms with van der Waals surface area (Å²) in [4.78, 5) is 0. The number of ether oxygens (including phenoxy) is 2. The van der Waals surface area contributed by atoms with E-state index in [1.54, 1.807) is 13.2 Å². The summed E-state index contributed by atoms with van der Waals surface area (Å²) in [6.07, 6.45) is 1.79. The molecule has 0 saturated carbocycles. The largest absolute Gasteiger partial charge is 0.496 e. The lowest BCUT2D eigenvalue weighted by Crippen LogP contribution is -1.99. The summed E-state index contributed by atoms with van der Waals surface area (Å²) in [7, 11) is 1.66. The molecule has 2 aromatic carbocycles. The van der Waals surface area contributed by atoms with Crippen LogP contribution in [0, 0.1) is 6.92 Å². The lowest BCUT2D eigenvalue weighted by molar-refractivity contribution is 0.301. The van der Waals surface area contributed by atoms with Gasteiger partial charge >= 0.3 is 0 Å². The van der Waals surface area contributed by atoms with Crippen molar-refractivity contribution >= 4 is 6.08 Å². The minimum Gasteiger partial charge on any atom is -0.496 e. The van der Waals surface area contributed by atoms with Gasteiger partial charge in [0.25, 0.3) is 0 Å². The second-order valence-corrected chi connectivity index (χ2v) is 4.32. The minimum absolute atomic E-state index is 0.547. The van der Waals surface area contributed by atoms with Crippen LogP contribution < -0.4 is 9.47 Å². The molecule has 0 aromatic heterocycles. The molecule has 0 unspecified atom stereocenters. The Balaban J connectivity index is 2.22. The zero-order valence-corrected chi connectivity index (χ0v) is 11.3. The summed E-state index contributed by atoms with van der Waals surface area (Å²) in [6, 6.07) is 14.0. The Kier molecular flexibility index (Phi) is 4.24. The first kappa shape index (κ1) is 13.2. The molecule has 0 aliphatic carbocycles. The van der Waals surface area contributed by atoms with Crippen molar-refractivity contribution in [3.8, 4) is 11.5 Å². The predicted octanol–water partition coefficient (Wildman–Crippen LogP) is 4.23. The molecule has 2 aromatic rings. The van der Waals surface area contributed by atoms with Crippen LogP contribution in [0.2, 0.25) is 0 Å². The van der Waals surface area contributed by atoms with Crippen LogP contribution in [0.25, 0.3) is 6.08 Å². The zero-order chi connectivity index (χ0) is 13.7. The summed E-state index contributed by atoms with van der Waals surface area (Å²) in [6.45, 7) is 6.32. The predicted molar refractivity (Wildman–Crippen MR) is 78.6 cm³/mol. The van der Waals surface area contributed by atoms with Crippen molar-refractivity contribution in [3.05, 3.63) is 65.7 Å². The molecule has 98 valence electrons. The van der Waals surface area contributed by atoms with E-state index in [2.05, 4.69) is 6.58 Å². The van der Waals surface area contributed by atoms with Gasteiger partial charge in [-0.2, -0.15) is 0 Å². The third-order valence-electron chi connectivity index (χ3n) is 3.03. The standard InChI is InChI=1S/C17H18O2/c1-4-14-10-16(18-3)13(2)17(11-14)19-12-15-8-6-5-7-9-15/h4-11H,1,12H2,2-3H3. The molecular formula is C17H18O2. The summed E-state index contributed by atoms with van der Waals surface area (Å²) in [5, 5.41) is 0. The van der Waals surface area contributed by atoms with Crippen LogP contribution in [0.1, 0.15) is 16.7 Å². The van der Waals surface area contributed by atoms with Crippen LogP contribution >= 0.6 is 0 Å². The van der Waals surface area contributed by atoms with Crippen molar-refractivity contribution in [1.82, 2.24) is 0 Å². The van der Waals surface area contributed by atoms with Gasteiger partial charge in [0.15, 0.2) is 0 Å². The normalized spacial score (nSPS) is 10.0. The molecule has 0 fully saturated rings. The maximum absolute atomic E-state index is 5.88. The number of rotatable bonds is 5. The summed E-state index contributed by atoms with van der Waals surface area (Å²) in [5.41, 5.74) is 3.14. The van der Waals surface area contributed by atoms with Crippen molar-refractivity contribution in [2.75, 3.05) is 7.11 Å². The Morgan fingerprint density at radius 3 is 2.42 bits per heavy atom. The van der Waals surface area contributed by atoms with E-state index in [0.29, 0.717) is 6.61 Å². The van der Waals surface area contributed by atoms with Gasteiger partial charge in [-0.1, -0.05) is 43.0 Å². The first-order valence-corrected chi connectivity index (χ1v) is 6.22. The third-order valence-corrected chi connectivity index (χ3v) is 3.03. The smallest absolute Gasteiger partial charge is 0.127 e. The first-order chi connectivity index (χ1) is 9.24. The van der Waals surface area contributed by atoms with Gasteiger partial charge in [-0.15, -0.1) is 0 Å². The Morgan fingerprint density at radius 2 is 1.79 bits per heavy atom. The van der Waals surface area contributed by atoms with E-state index < -0.39 is 0 Å². The second-order valence-electron chi connectivity index (χ2n) is 4.32. The Hall–Kier alpha value is -2.22.